The lowest BCUT2D eigenvalue weighted by atomic mass is 9.98. The summed E-state index contributed by atoms with van der Waals surface area (Å²) >= 11 is 0. The van der Waals surface area contributed by atoms with Gasteiger partial charge < -0.3 is 64.2 Å². The van der Waals surface area contributed by atoms with Gasteiger partial charge in [0.05, 0.1) is 19.8 Å². The summed E-state index contributed by atoms with van der Waals surface area (Å²) in [5.41, 5.74) is 0. The average molecular weight is 1030 g/mol. The fraction of sp³-hybridized carbons (Fsp3) is 0.825. The number of unbranched alkanes of at least 4 members (excludes halogenated alkanes) is 22. The maximum Gasteiger partial charge on any atom is 0.306 e. The van der Waals surface area contributed by atoms with Crippen molar-refractivity contribution in [2.75, 3.05) is 26.4 Å². The molecule has 11 unspecified atom stereocenters. The van der Waals surface area contributed by atoms with E-state index in [2.05, 4.69) is 62.5 Å². The Morgan fingerprint density at radius 1 is 0.444 bits per heavy atom. The number of allylic oxidation sites excluding steroid dienone is 8. The number of aliphatic hydroxyl groups is 7. The third-order valence-corrected chi connectivity index (χ3v) is 13.3. The summed E-state index contributed by atoms with van der Waals surface area (Å²) in [5, 5.41) is 72.2. The predicted octanol–water partition coefficient (Wildman–Crippen LogP) is 9.05. The van der Waals surface area contributed by atoms with Crippen molar-refractivity contribution in [1.82, 2.24) is 0 Å². The zero-order valence-electron chi connectivity index (χ0n) is 44.4. The van der Waals surface area contributed by atoms with Gasteiger partial charge in [-0.3, -0.25) is 9.59 Å². The highest BCUT2D eigenvalue weighted by atomic mass is 16.7. The minimum atomic E-state index is -1.77. The van der Waals surface area contributed by atoms with Crippen molar-refractivity contribution in [1.29, 1.82) is 0 Å². The van der Waals surface area contributed by atoms with Crippen LogP contribution in [0.4, 0.5) is 0 Å². The van der Waals surface area contributed by atoms with E-state index in [0.29, 0.717) is 12.8 Å². The lowest BCUT2D eigenvalue weighted by molar-refractivity contribution is -0.332. The van der Waals surface area contributed by atoms with E-state index in [1.165, 1.54) is 89.9 Å². The SMILES string of the molecule is CCCCC/C=C\C/C=C\CCCCCCCCCCCC(=O)OC(COC(=O)CCCCCCCCC/C=C\C/C=C\CCCCC)COC1OC(COC2OC(CO)C(O)C(O)C2O)C(O)C(O)C1O. The van der Waals surface area contributed by atoms with E-state index in [4.69, 9.17) is 28.4 Å². The molecule has 0 aromatic heterocycles. The molecule has 0 aromatic rings. The minimum absolute atomic E-state index is 0.158. The second kappa shape index (κ2) is 43.7. The Morgan fingerprint density at radius 2 is 0.833 bits per heavy atom. The van der Waals surface area contributed by atoms with Gasteiger partial charge >= 0.3 is 11.9 Å². The fourth-order valence-corrected chi connectivity index (χ4v) is 8.63. The first kappa shape index (κ1) is 65.6. The van der Waals surface area contributed by atoms with Gasteiger partial charge in [0.25, 0.3) is 0 Å². The molecule has 2 saturated heterocycles. The molecule has 2 rings (SSSR count). The molecule has 72 heavy (non-hydrogen) atoms. The van der Waals surface area contributed by atoms with Gasteiger partial charge in [0, 0.05) is 12.8 Å². The van der Waals surface area contributed by atoms with Crippen molar-refractivity contribution in [2.24, 2.45) is 0 Å². The molecule has 0 aliphatic carbocycles. The Morgan fingerprint density at radius 3 is 1.29 bits per heavy atom. The number of carbonyl (C=O) groups is 2. The third kappa shape index (κ3) is 30.7. The molecule has 11 atom stereocenters. The summed E-state index contributed by atoms with van der Waals surface area (Å²) in [5.74, 6) is -0.936. The van der Waals surface area contributed by atoms with E-state index >= 15 is 0 Å². The summed E-state index contributed by atoms with van der Waals surface area (Å²) in [7, 11) is 0. The standard InChI is InChI=1S/C57H100O15/c1-3-5-7-9-11-13-15-17-19-21-22-24-26-28-30-32-34-36-38-40-49(60)70-45(42-67-48(59)39-37-35-33-31-29-27-25-23-20-18-16-14-12-10-8-6-4-2)43-68-56-55(66)53(64)51(62)47(72-56)44-69-57-54(65)52(63)50(61)46(41-58)71-57/h11-14,17-20,45-47,50-58,61-66H,3-10,15-16,21-44H2,1-2H3/b13-11-,14-12-,19-17-,20-18-. The van der Waals surface area contributed by atoms with Gasteiger partial charge in [-0.15, -0.1) is 0 Å². The van der Waals surface area contributed by atoms with Crippen molar-refractivity contribution >= 4 is 11.9 Å². The summed E-state index contributed by atoms with van der Waals surface area (Å²) in [4.78, 5) is 25.9. The van der Waals surface area contributed by atoms with Crippen LogP contribution < -0.4 is 0 Å². The first-order valence-electron chi connectivity index (χ1n) is 28.2. The predicted molar refractivity (Wildman–Crippen MR) is 280 cm³/mol. The Balaban J connectivity index is 1.77. The number of rotatable bonds is 44. The van der Waals surface area contributed by atoms with Crippen molar-refractivity contribution < 1.29 is 73.8 Å². The number of hydrogen-bond acceptors (Lipinski definition) is 15. The highest BCUT2D eigenvalue weighted by molar-refractivity contribution is 5.70. The van der Waals surface area contributed by atoms with E-state index in [1.54, 1.807) is 0 Å². The van der Waals surface area contributed by atoms with Crippen LogP contribution in [0.5, 0.6) is 0 Å². The molecule has 2 aliphatic rings. The van der Waals surface area contributed by atoms with E-state index in [9.17, 15) is 45.3 Å². The number of ether oxygens (including phenoxy) is 6. The molecule has 2 fully saturated rings. The summed E-state index contributed by atoms with van der Waals surface area (Å²) in [6.45, 7) is 2.55. The van der Waals surface area contributed by atoms with Gasteiger partial charge in [-0.2, -0.15) is 0 Å². The number of esters is 2. The summed E-state index contributed by atoms with van der Waals surface area (Å²) in [6, 6.07) is 0. The molecule has 0 aromatic carbocycles. The molecule has 0 saturated carbocycles. The lowest BCUT2D eigenvalue weighted by Gasteiger charge is -2.42. The van der Waals surface area contributed by atoms with E-state index < -0.39 is 92.7 Å². The van der Waals surface area contributed by atoms with Crippen LogP contribution in [0.25, 0.3) is 0 Å². The molecule has 0 bridgehead atoms. The normalized spacial score (nSPS) is 25.3. The largest absolute Gasteiger partial charge is 0.462 e. The van der Waals surface area contributed by atoms with Gasteiger partial charge in [-0.25, -0.2) is 0 Å². The zero-order valence-corrected chi connectivity index (χ0v) is 44.4. The molecule has 15 nitrogen and oxygen atoms in total. The molecule has 0 spiro atoms. The van der Waals surface area contributed by atoms with Gasteiger partial charge in [0.15, 0.2) is 18.7 Å². The number of aliphatic hydroxyl groups excluding tert-OH is 7. The van der Waals surface area contributed by atoms with Crippen LogP contribution >= 0.6 is 0 Å². The average Bonchev–Trinajstić information content (AvgIpc) is 3.37. The summed E-state index contributed by atoms with van der Waals surface area (Å²) < 4.78 is 33.7. The van der Waals surface area contributed by atoms with Crippen LogP contribution in [0.3, 0.4) is 0 Å². The monoisotopic (exact) mass is 1020 g/mol. The van der Waals surface area contributed by atoms with E-state index in [-0.39, 0.29) is 26.1 Å². The van der Waals surface area contributed by atoms with E-state index in [0.717, 1.165) is 77.0 Å². The molecular formula is C57H100O15. The molecule has 15 heteroatoms. The first-order chi connectivity index (χ1) is 35.0. The van der Waals surface area contributed by atoms with Crippen molar-refractivity contribution in [3.8, 4) is 0 Å². The Labute approximate surface area is 433 Å². The maximum absolute atomic E-state index is 13.1. The smallest absolute Gasteiger partial charge is 0.306 e. The van der Waals surface area contributed by atoms with Gasteiger partial charge in [-0.1, -0.05) is 165 Å². The molecule has 0 radical (unpaired) electrons. The van der Waals surface area contributed by atoms with Gasteiger partial charge in [-0.05, 0) is 77.0 Å². The second-order valence-corrected chi connectivity index (χ2v) is 19.8. The molecular weight excluding hydrogens is 925 g/mol. The lowest BCUT2D eigenvalue weighted by Crippen LogP contribution is -2.61. The number of hydrogen-bond donors (Lipinski definition) is 7. The van der Waals surface area contributed by atoms with Crippen molar-refractivity contribution in [2.45, 2.75) is 274 Å². The topological polar surface area (TPSA) is 231 Å². The Kier molecular flexibility index (Phi) is 39.8. The first-order valence-corrected chi connectivity index (χ1v) is 28.2. The van der Waals surface area contributed by atoms with Crippen molar-refractivity contribution in [3.05, 3.63) is 48.6 Å². The number of carbonyl (C=O) groups excluding carboxylic acids is 2. The zero-order chi connectivity index (χ0) is 52.4. The van der Waals surface area contributed by atoms with Crippen LogP contribution in [0.1, 0.15) is 206 Å². The van der Waals surface area contributed by atoms with Crippen molar-refractivity contribution in [3.63, 3.8) is 0 Å². The summed E-state index contributed by atoms with van der Waals surface area (Å²) in [6.07, 6.45) is 32.6. The highest BCUT2D eigenvalue weighted by Gasteiger charge is 2.47. The molecule has 418 valence electrons. The molecule has 7 N–H and O–H groups in total. The van der Waals surface area contributed by atoms with Crippen LogP contribution in [-0.2, 0) is 38.0 Å². The van der Waals surface area contributed by atoms with Crippen LogP contribution in [-0.4, -0.2) is 142 Å². The molecule has 2 heterocycles. The van der Waals surface area contributed by atoms with Crippen LogP contribution in [0.15, 0.2) is 48.6 Å². The third-order valence-electron chi connectivity index (χ3n) is 13.3. The Hall–Kier alpha value is -2.54. The second-order valence-electron chi connectivity index (χ2n) is 19.8. The van der Waals surface area contributed by atoms with E-state index in [1.807, 2.05) is 0 Å². The maximum atomic E-state index is 13.1. The van der Waals surface area contributed by atoms with Gasteiger partial charge in [0.2, 0.25) is 0 Å². The molecule has 0 amide bonds. The Bertz CT molecular complexity index is 1440. The quantitative estimate of drug-likeness (QED) is 0.0171. The van der Waals surface area contributed by atoms with Crippen LogP contribution in [0, 0.1) is 0 Å². The highest BCUT2D eigenvalue weighted by Crippen LogP contribution is 2.26. The minimum Gasteiger partial charge on any atom is -0.462 e. The van der Waals surface area contributed by atoms with Gasteiger partial charge in [0.1, 0.15) is 55.4 Å². The molecule has 2 aliphatic heterocycles. The fourth-order valence-electron chi connectivity index (χ4n) is 8.63. The van der Waals surface area contributed by atoms with Crippen LogP contribution in [0.2, 0.25) is 0 Å².